The topological polar surface area (TPSA) is 70.1 Å². The van der Waals surface area contributed by atoms with Crippen molar-refractivity contribution < 1.29 is 13.6 Å². The van der Waals surface area contributed by atoms with E-state index in [1.807, 2.05) is 32.2 Å². The van der Waals surface area contributed by atoms with Gasteiger partial charge in [0, 0.05) is 17.7 Å². The van der Waals surface area contributed by atoms with E-state index in [1.54, 1.807) is 23.1 Å². The Morgan fingerprint density at radius 1 is 1.28 bits per heavy atom. The number of benzene rings is 1. The van der Waals surface area contributed by atoms with Crippen molar-refractivity contribution in [2.45, 2.75) is 43.7 Å². The summed E-state index contributed by atoms with van der Waals surface area (Å²) in [5.41, 5.74) is 7.55. The fraction of sp³-hybridized carbons (Fsp3) is 0.333. The van der Waals surface area contributed by atoms with Gasteiger partial charge in [-0.3, -0.25) is 9.69 Å². The van der Waals surface area contributed by atoms with Crippen LogP contribution in [0.25, 0.3) is 0 Å². The van der Waals surface area contributed by atoms with Crippen LogP contribution < -0.4 is 10.6 Å². The van der Waals surface area contributed by atoms with E-state index >= 15 is 0 Å². The van der Waals surface area contributed by atoms with Gasteiger partial charge in [-0.25, -0.2) is 8.78 Å². The number of nitrogens with zero attached hydrogens (tertiary/aromatic N) is 2. The summed E-state index contributed by atoms with van der Waals surface area (Å²) in [5, 5.41) is 12.0. The number of nitriles is 1. The highest BCUT2D eigenvalue weighted by molar-refractivity contribution is 8.01. The molecule has 1 aromatic heterocycles. The van der Waals surface area contributed by atoms with Gasteiger partial charge < -0.3 is 5.73 Å². The number of para-hydroxylation sites is 1. The molecule has 1 aliphatic heterocycles. The summed E-state index contributed by atoms with van der Waals surface area (Å²) in [6.07, 6.45) is 0.688. The first-order valence-corrected chi connectivity index (χ1v) is 12.2. The van der Waals surface area contributed by atoms with Crippen molar-refractivity contribution in [1.82, 2.24) is 0 Å². The van der Waals surface area contributed by atoms with Crippen LogP contribution in [0.3, 0.4) is 0 Å². The Balaban J connectivity index is 2.04. The molecule has 166 valence electrons. The fourth-order valence-electron chi connectivity index (χ4n) is 4.55. The smallest absolute Gasteiger partial charge is 0.162 e. The molecule has 0 saturated carbocycles. The van der Waals surface area contributed by atoms with Crippen LogP contribution in [0.5, 0.6) is 0 Å². The summed E-state index contributed by atoms with van der Waals surface area (Å²) in [4.78, 5) is 14.7. The van der Waals surface area contributed by atoms with Gasteiger partial charge in [-0.15, -0.1) is 23.1 Å². The number of nitrogens with two attached hydrogens (primary N) is 1. The van der Waals surface area contributed by atoms with Gasteiger partial charge in [0.1, 0.15) is 23.1 Å². The molecule has 0 bridgehead atoms. The van der Waals surface area contributed by atoms with Gasteiger partial charge in [-0.05, 0) is 46.7 Å². The second kappa shape index (κ2) is 8.38. The molecular formula is C24H23F2N3OS2. The maximum absolute atomic E-state index is 14.9. The summed E-state index contributed by atoms with van der Waals surface area (Å²) in [5.74, 6) is -1.58. The van der Waals surface area contributed by atoms with Crippen molar-refractivity contribution in [3.63, 3.8) is 0 Å². The summed E-state index contributed by atoms with van der Waals surface area (Å²) >= 11 is 3.18. The van der Waals surface area contributed by atoms with Crippen molar-refractivity contribution in [2.75, 3.05) is 10.7 Å². The molecule has 0 fully saturated rings. The van der Waals surface area contributed by atoms with Crippen molar-refractivity contribution in [1.29, 1.82) is 5.26 Å². The van der Waals surface area contributed by atoms with Gasteiger partial charge in [0.2, 0.25) is 0 Å². The van der Waals surface area contributed by atoms with Gasteiger partial charge >= 0.3 is 0 Å². The molecule has 1 atom stereocenters. The highest BCUT2D eigenvalue weighted by Gasteiger charge is 2.46. The molecule has 0 radical (unpaired) electrons. The van der Waals surface area contributed by atoms with Gasteiger partial charge in [0.15, 0.2) is 5.78 Å². The molecule has 2 aliphatic rings. The number of ketones is 1. The molecule has 2 aromatic rings. The molecule has 2 N–H and O–H groups in total. The van der Waals surface area contributed by atoms with Crippen LogP contribution in [-0.4, -0.2) is 11.5 Å². The van der Waals surface area contributed by atoms with E-state index < -0.39 is 23.0 Å². The number of rotatable bonds is 4. The van der Waals surface area contributed by atoms with Crippen LogP contribution in [0, 0.1) is 28.4 Å². The van der Waals surface area contributed by atoms with E-state index in [1.165, 1.54) is 11.0 Å². The van der Waals surface area contributed by atoms with E-state index in [2.05, 4.69) is 6.07 Å². The number of thioether (sulfide) groups is 1. The lowest BCUT2D eigenvalue weighted by Crippen LogP contribution is -2.42. The highest BCUT2D eigenvalue weighted by Crippen LogP contribution is 2.52. The predicted octanol–water partition coefficient (Wildman–Crippen LogP) is 6.08. The summed E-state index contributed by atoms with van der Waals surface area (Å²) in [7, 11) is 0. The van der Waals surface area contributed by atoms with Gasteiger partial charge in [0.25, 0.3) is 0 Å². The monoisotopic (exact) mass is 471 g/mol. The molecule has 0 saturated heterocycles. The van der Waals surface area contributed by atoms with Gasteiger partial charge in [-0.2, -0.15) is 5.26 Å². The average Bonchev–Trinajstić information content (AvgIpc) is 3.16. The molecule has 0 unspecified atom stereocenters. The average molecular weight is 472 g/mol. The molecule has 32 heavy (non-hydrogen) atoms. The number of Topliss-reactive ketones (excluding diaryl/α,β-unsaturated/α-hetero) is 1. The highest BCUT2D eigenvalue weighted by atomic mass is 32.2. The van der Waals surface area contributed by atoms with Crippen LogP contribution in [0.1, 0.15) is 45.1 Å². The zero-order valence-electron chi connectivity index (χ0n) is 18.0. The summed E-state index contributed by atoms with van der Waals surface area (Å²) < 4.78 is 30.7. The summed E-state index contributed by atoms with van der Waals surface area (Å²) in [6.45, 7) is 5.93. The van der Waals surface area contributed by atoms with Crippen LogP contribution >= 0.6 is 23.1 Å². The minimum absolute atomic E-state index is 0.0376. The molecule has 4 nitrogen and oxygen atoms in total. The van der Waals surface area contributed by atoms with Crippen LogP contribution in [0.2, 0.25) is 0 Å². The summed E-state index contributed by atoms with van der Waals surface area (Å²) in [6, 6.07) is 7.63. The Morgan fingerprint density at radius 3 is 2.59 bits per heavy atom. The molecule has 1 aromatic carbocycles. The molecular weight excluding hydrogens is 448 g/mol. The molecule has 2 heterocycles. The Hall–Kier alpha value is -2.63. The number of carbonyl (C=O) groups excluding carboxylic acids is 1. The number of halogens is 2. The van der Waals surface area contributed by atoms with E-state index in [4.69, 9.17) is 5.73 Å². The number of anilines is 1. The quantitative estimate of drug-likeness (QED) is 0.547. The van der Waals surface area contributed by atoms with E-state index in [0.29, 0.717) is 17.7 Å². The minimum Gasteiger partial charge on any atom is -0.384 e. The van der Waals surface area contributed by atoms with Crippen LogP contribution in [0.4, 0.5) is 14.5 Å². The Labute approximate surface area is 194 Å². The predicted molar refractivity (Wildman–Crippen MR) is 124 cm³/mol. The Kier molecular flexibility index (Phi) is 5.91. The third kappa shape index (κ3) is 3.63. The second-order valence-corrected chi connectivity index (χ2v) is 11.1. The number of thiophene rings is 1. The number of allylic oxidation sites excluding steroid dienone is 3. The van der Waals surface area contributed by atoms with E-state index in [-0.39, 0.29) is 29.3 Å². The largest absolute Gasteiger partial charge is 0.384 e. The Bertz CT molecular complexity index is 1190. The lowest BCUT2D eigenvalue weighted by molar-refractivity contribution is -0.118. The third-order valence-corrected chi connectivity index (χ3v) is 7.94. The number of hydrogen-bond donors (Lipinski definition) is 1. The molecule has 0 amide bonds. The minimum atomic E-state index is -0.802. The molecule has 8 heteroatoms. The van der Waals surface area contributed by atoms with Crippen molar-refractivity contribution >= 4 is 34.6 Å². The molecule has 4 rings (SSSR count). The van der Waals surface area contributed by atoms with Gasteiger partial charge in [-0.1, -0.05) is 26.8 Å². The van der Waals surface area contributed by atoms with Gasteiger partial charge in [0.05, 0.1) is 21.8 Å². The standard InChI is InChI=1S/C24H23F2N3OS2/c1-4-31-23-13(8-9-32-23)19-14(12-27)22(28)29(21-15(25)6-5-7-16(21)26)17-10-24(2,3)11-18(30)20(17)19/h5-9,19H,4,10-11,28H2,1-3H3/t19-/m1/s1. The third-order valence-electron chi connectivity index (χ3n) is 5.79. The van der Waals surface area contributed by atoms with Crippen molar-refractivity contribution in [3.8, 4) is 6.07 Å². The molecule has 0 spiro atoms. The van der Waals surface area contributed by atoms with E-state index in [9.17, 15) is 18.8 Å². The van der Waals surface area contributed by atoms with Crippen molar-refractivity contribution in [3.05, 3.63) is 69.5 Å². The SMILES string of the molecule is CCSc1sccc1[C@@H]1C(C#N)=C(N)N(c2c(F)cccc2F)C2=C1C(=O)CC(C)(C)C2. The Morgan fingerprint density at radius 2 is 1.97 bits per heavy atom. The zero-order chi connectivity index (χ0) is 23.2. The van der Waals surface area contributed by atoms with Crippen LogP contribution in [-0.2, 0) is 4.79 Å². The van der Waals surface area contributed by atoms with Crippen molar-refractivity contribution in [2.24, 2.45) is 11.1 Å². The zero-order valence-corrected chi connectivity index (χ0v) is 19.7. The maximum atomic E-state index is 14.9. The lowest BCUT2D eigenvalue weighted by atomic mass is 9.69. The lowest BCUT2D eigenvalue weighted by Gasteiger charge is -2.43. The second-order valence-electron chi connectivity index (χ2n) is 8.65. The number of carbonyl (C=O) groups is 1. The maximum Gasteiger partial charge on any atom is 0.162 e. The fourth-order valence-corrected chi connectivity index (χ4v) is 6.61. The molecule has 1 aliphatic carbocycles. The first-order valence-electron chi connectivity index (χ1n) is 10.3. The first-order chi connectivity index (χ1) is 15.2. The van der Waals surface area contributed by atoms with E-state index in [0.717, 1.165) is 27.7 Å². The van der Waals surface area contributed by atoms with Crippen LogP contribution in [0.15, 0.2) is 56.5 Å². The number of hydrogen-bond acceptors (Lipinski definition) is 6. The normalized spacial score (nSPS) is 20.4. The first kappa shape index (κ1) is 22.6.